The Morgan fingerprint density at radius 2 is 1.62 bits per heavy atom. The SMILES string of the molecule is CC(C)C(=O)C[C@@H](c1ccccc1)C(C)C. The van der Waals surface area contributed by atoms with E-state index in [9.17, 15) is 4.79 Å². The van der Waals surface area contributed by atoms with Gasteiger partial charge < -0.3 is 0 Å². The highest BCUT2D eigenvalue weighted by molar-refractivity contribution is 5.81. The van der Waals surface area contributed by atoms with Gasteiger partial charge in [-0.3, -0.25) is 4.79 Å². The molecule has 0 saturated heterocycles. The third-order valence-corrected chi connectivity index (χ3v) is 3.10. The van der Waals surface area contributed by atoms with Gasteiger partial charge in [-0.05, 0) is 17.4 Å². The summed E-state index contributed by atoms with van der Waals surface area (Å²) < 4.78 is 0. The smallest absolute Gasteiger partial charge is 0.136 e. The summed E-state index contributed by atoms with van der Waals surface area (Å²) in [5, 5.41) is 0. The second-order valence-electron chi connectivity index (χ2n) is 5.09. The molecule has 0 aromatic heterocycles. The largest absolute Gasteiger partial charge is 0.299 e. The molecule has 0 radical (unpaired) electrons. The first kappa shape index (κ1) is 13.0. The number of carbonyl (C=O) groups is 1. The minimum atomic E-state index is 0.143. The zero-order valence-corrected chi connectivity index (χ0v) is 10.7. The van der Waals surface area contributed by atoms with Gasteiger partial charge >= 0.3 is 0 Å². The van der Waals surface area contributed by atoms with Gasteiger partial charge in [0, 0.05) is 12.3 Å². The van der Waals surface area contributed by atoms with E-state index in [-0.39, 0.29) is 5.92 Å². The Balaban J connectivity index is 2.81. The van der Waals surface area contributed by atoms with Crippen molar-refractivity contribution in [2.24, 2.45) is 11.8 Å². The molecule has 1 aromatic carbocycles. The molecular formula is C15H22O. The van der Waals surface area contributed by atoms with Gasteiger partial charge in [-0.2, -0.15) is 0 Å². The highest BCUT2D eigenvalue weighted by atomic mass is 16.1. The van der Waals surface area contributed by atoms with Crippen LogP contribution in [0.2, 0.25) is 0 Å². The Bertz CT molecular complexity index is 325. The fourth-order valence-electron chi connectivity index (χ4n) is 1.89. The van der Waals surface area contributed by atoms with E-state index < -0.39 is 0 Å². The maximum absolute atomic E-state index is 11.8. The van der Waals surface area contributed by atoms with E-state index >= 15 is 0 Å². The van der Waals surface area contributed by atoms with E-state index in [4.69, 9.17) is 0 Å². The maximum Gasteiger partial charge on any atom is 0.136 e. The monoisotopic (exact) mass is 218 g/mol. The number of rotatable bonds is 5. The summed E-state index contributed by atoms with van der Waals surface area (Å²) in [5.41, 5.74) is 1.28. The van der Waals surface area contributed by atoms with Gasteiger partial charge in [0.2, 0.25) is 0 Å². The lowest BCUT2D eigenvalue weighted by molar-refractivity contribution is -0.122. The summed E-state index contributed by atoms with van der Waals surface area (Å²) in [5.74, 6) is 1.37. The molecule has 1 nitrogen and oxygen atoms in total. The Kier molecular flexibility index (Phi) is 4.72. The first-order valence-corrected chi connectivity index (χ1v) is 6.10. The van der Waals surface area contributed by atoms with Crippen LogP contribution in [0.15, 0.2) is 30.3 Å². The van der Waals surface area contributed by atoms with E-state index in [2.05, 4.69) is 26.0 Å². The summed E-state index contributed by atoms with van der Waals surface area (Å²) >= 11 is 0. The molecule has 0 unspecified atom stereocenters. The van der Waals surface area contributed by atoms with Gasteiger partial charge in [-0.15, -0.1) is 0 Å². The van der Waals surface area contributed by atoms with Crippen LogP contribution in [0.5, 0.6) is 0 Å². The van der Waals surface area contributed by atoms with Gasteiger partial charge in [0.1, 0.15) is 5.78 Å². The average molecular weight is 218 g/mol. The first-order valence-electron chi connectivity index (χ1n) is 6.10. The average Bonchev–Trinajstić information content (AvgIpc) is 2.26. The molecular weight excluding hydrogens is 196 g/mol. The second-order valence-corrected chi connectivity index (χ2v) is 5.09. The van der Waals surface area contributed by atoms with E-state index in [1.807, 2.05) is 32.0 Å². The standard InChI is InChI=1S/C15H22O/c1-11(2)14(10-15(16)12(3)4)13-8-6-5-7-9-13/h5-9,11-12,14H,10H2,1-4H3/t14-/m1/s1. The predicted molar refractivity (Wildman–Crippen MR) is 68.5 cm³/mol. The van der Waals surface area contributed by atoms with Gasteiger partial charge in [0.25, 0.3) is 0 Å². The van der Waals surface area contributed by atoms with Crippen LogP contribution in [-0.2, 0) is 4.79 Å². The molecule has 1 atom stereocenters. The second kappa shape index (κ2) is 5.83. The third-order valence-electron chi connectivity index (χ3n) is 3.10. The van der Waals surface area contributed by atoms with Gasteiger partial charge in [0.15, 0.2) is 0 Å². The molecule has 0 bridgehead atoms. The zero-order chi connectivity index (χ0) is 12.1. The van der Waals surface area contributed by atoms with Crippen molar-refractivity contribution in [1.29, 1.82) is 0 Å². The van der Waals surface area contributed by atoms with Crippen LogP contribution in [0.1, 0.15) is 45.6 Å². The number of Topliss-reactive ketones (excluding diaryl/α,β-unsaturated/α-hetero) is 1. The van der Waals surface area contributed by atoms with Crippen molar-refractivity contribution in [3.63, 3.8) is 0 Å². The van der Waals surface area contributed by atoms with Crippen LogP contribution in [0.3, 0.4) is 0 Å². The van der Waals surface area contributed by atoms with Crippen LogP contribution in [-0.4, -0.2) is 5.78 Å². The van der Waals surface area contributed by atoms with Crippen LogP contribution < -0.4 is 0 Å². The van der Waals surface area contributed by atoms with E-state index in [0.717, 1.165) is 0 Å². The molecule has 0 saturated carbocycles. The number of hydrogen-bond acceptors (Lipinski definition) is 1. The summed E-state index contributed by atoms with van der Waals surface area (Å²) in [6, 6.07) is 10.4. The fourth-order valence-corrected chi connectivity index (χ4v) is 1.89. The van der Waals surface area contributed by atoms with Crippen LogP contribution in [0.4, 0.5) is 0 Å². The van der Waals surface area contributed by atoms with Crippen molar-refractivity contribution in [2.75, 3.05) is 0 Å². The van der Waals surface area contributed by atoms with Gasteiger partial charge in [0.05, 0.1) is 0 Å². The summed E-state index contributed by atoms with van der Waals surface area (Å²) in [7, 11) is 0. The quantitative estimate of drug-likeness (QED) is 0.729. The number of benzene rings is 1. The third kappa shape index (κ3) is 3.48. The molecule has 0 aliphatic rings. The molecule has 88 valence electrons. The molecule has 0 aliphatic heterocycles. The molecule has 1 aromatic rings. The first-order chi connectivity index (χ1) is 7.52. The van der Waals surface area contributed by atoms with Crippen LogP contribution >= 0.6 is 0 Å². The Labute approximate surface area is 98.9 Å². The lowest BCUT2D eigenvalue weighted by Crippen LogP contribution is -2.16. The molecule has 0 heterocycles. The number of hydrogen-bond donors (Lipinski definition) is 0. The van der Waals surface area contributed by atoms with E-state index in [1.165, 1.54) is 5.56 Å². The Morgan fingerprint density at radius 1 is 1.06 bits per heavy atom. The highest BCUT2D eigenvalue weighted by Crippen LogP contribution is 2.28. The number of carbonyl (C=O) groups excluding carboxylic acids is 1. The van der Waals surface area contributed by atoms with Crippen LogP contribution in [0.25, 0.3) is 0 Å². The fraction of sp³-hybridized carbons (Fsp3) is 0.533. The molecule has 0 aliphatic carbocycles. The lowest BCUT2D eigenvalue weighted by atomic mass is 9.83. The van der Waals surface area contributed by atoms with Gasteiger partial charge in [-0.25, -0.2) is 0 Å². The van der Waals surface area contributed by atoms with Crippen molar-refractivity contribution in [3.8, 4) is 0 Å². The summed E-state index contributed by atoms with van der Waals surface area (Å²) in [6.45, 7) is 8.33. The van der Waals surface area contributed by atoms with Gasteiger partial charge in [-0.1, -0.05) is 58.0 Å². The van der Waals surface area contributed by atoms with Crippen molar-refractivity contribution >= 4 is 5.78 Å². The topological polar surface area (TPSA) is 17.1 Å². The molecule has 1 rings (SSSR count). The van der Waals surface area contributed by atoms with Crippen molar-refractivity contribution in [2.45, 2.75) is 40.0 Å². The molecule has 0 spiro atoms. The van der Waals surface area contributed by atoms with E-state index in [0.29, 0.717) is 24.0 Å². The minimum Gasteiger partial charge on any atom is -0.299 e. The lowest BCUT2D eigenvalue weighted by Gasteiger charge is -2.21. The molecule has 0 amide bonds. The van der Waals surface area contributed by atoms with Crippen molar-refractivity contribution in [3.05, 3.63) is 35.9 Å². The molecule has 0 fully saturated rings. The highest BCUT2D eigenvalue weighted by Gasteiger charge is 2.20. The Morgan fingerprint density at radius 3 is 2.06 bits per heavy atom. The summed E-state index contributed by atoms with van der Waals surface area (Å²) in [4.78, 5) is 11.8. The molecule has 16 heavy (non-hydrogen) atoms. The number of ketones is 1. The zero-order valence-electron chi connectivity index (χ0n) is 10.7. The normalized spacial score (nSPS) is 13.1. The van der Waals surface area contributed by atoms with Crippen molar-refractivity contribution < 1.29 is 4.79 Å². The van der Waals surface area contributed by atoms with E-state index in [1.54, 1.807) is 0 Å². The molecule has 1 heteroatoms. The van der Waals surface area contributed by atoms with Crippen LogP contribution in [0, 0.1) is 11.8 Å². The maximum atomic E-state index is 11.8. The van der Waals surface area contributed by atoms with Crippen molar-refractivity contribution in [1.82, 2.24) is 0 Å². The minimum absolute atomic E-state index is 0.143. The predicted octanol–water partition coefficient (Wildman–Crippen LogP) is 4.04. The Hall–Kier alpha value is -1.11. The molecule has 0 N–H and O–H groups in total. The summed E-state index contributed by atoms with van der Waals surface area (Å²) in [6.07, 6.45) is 0.666.